The van der Waals surface area contributed by atoms with Crippen LogP contribution in [-0.2, 0) is 11.3 Å². The molecule has 1 amide bonds. The summed E-state index contributed by atoms with van der Waals surface area (Å²) in [5, 5.41) is 0.501. The zero-order chi connectivity index (χ0) is 20.1. The van der Waals surface area contributed by atoms with E-state index in [1.54, 1.807) is 18.2 Å². The van der Waals surface area contributed by atoms with Gasteiger partial charge in [-0.2, -0.15) is 0 Å². The van der Waals surface area contributed by atoms with Crippen LogP contribution < -0.4 is 9.47 Å². The number of nitrogens with zero attached hydrogens (tertiary/aromatic N) is 3. The van der Waals surface area contributed by atoms with Gasteiger partial charge in [0, 0.05) is 57.6 Å². The van der Waals surface area contributed by atoms with E-state index in [2.05, 4.69) is 9.88 Å². The predicted octanol–water partition coefficient (Wildman–Crippen LogP) is 3.25. The lowest BCUT2D eigenvalue weighted by Gasteiger charge is -2.34. The molecule has 6 nitrogen and oxygen atoms in total. The van der Waals surface area contributed by atoms with Crippen molar-refractivity contribution < 1.29 is 14.3 Å². The van der Waals surface area contributed by atoms with E-state index >= 15 is 0 Å². The lowest BCUT2D eigenvalue weighted by molar-refractivity contribution is -0.127. The summed E-state index contributed by atoms with van der Waals surface area (Å²) >= 11 is 6.32. The van der Waals surface area contributed by atoms with Gasteiger partial charge in [-0.05, 0) is 41.5 Å². The molecule has 0 aliphatic carbocycles. The molecule has 29 heavy (non-hydrogen) atoms. The van der Waals surface area contributed by atoms with Crippen molar-refractivity contribution >= 4 is 23.6 Å². The average molecular weight is 414 g/mol. The Morgan fingerprint density at radius 1 is 1.10 bits per heavy atom. The number of fused-ring (bicyclic) bond motifs is 1. The minimum atomic E-state index is 0.0109. The maximum atomic E-state index is 12.6. The maximum Gasteiger partial charge on any atom is 0.246 e. The molecule has 0 saturated carbocycles. The Morgan fingerprint density at radius 2 is 1.86 bits per heavy atom. The summed E-state index contributed by atoms with van der Waals surface area (Å²) in [4.78, 5) is 20.9. The van der Waals surface area contributed by atoms with Crippen LogP contribution in [0.5, 0.6) is 11.5 Å². The summed E-state index contributed by atoms with van der Waals surface area (Å²) in [5.41, 5.74) is 2.06. The number of carbonyl (C=O) groups is 1. The van der Waals surface area contributed by atoms with Gasteiger partial charge in [0.05, 0.1) is 18.2 Å². The van der Waals surface area contributed by atoms with Gasteiger partial charge in [-0.3, -0.25) is 14.7 Å². The number of hydrogen-bond donors (Lipinski definition) is 0. The Morgan fingerprint density at radius 3 is 2.66 bits per heavy atom. The molecular formula is C22H24ClN3O3. The molecule has 152 valence electrons. The second-order valence-corrected chi connectivity index (χ2v) is 7.58. The molecular weight excluding hydrogens is 390 g/mol. The van der Waals surface area contributed by atoms with Crippen LogP contribution in [0, 0.1) is 0 Å². The number of benzene rings is 1. The number of piperazine rings is 1. The van der Waals surface area contributed by atoms with Crippen LogP contribution in [0.25, 0.3) is 6.08 Å². The molecule has 1 fully saturated rings. The Bertz CT molecular complexity index is 880. The fourth-order valence-electron chi connectivity index (χ4n) is 3.49. The molecule has 3 heterocycles. The molecule has 1 saturated heterocycles. The second-order valence-electron chi connectivity index (χ2n) is 7.17. The van der Waals surface area contributed by atoms with Crippen molar-refractivity contribution in [3.8, 4) is 11.5 Å². The molecule has 7 heteroatoms. The van der Waals surface area contributed by atoms with Gasteiger partial charge in [0.25, 0.3) is 0 Å². The first-order valence-electron chi connectivity index (χ1n) is 9.86. The zero-order valence-electron chi connectivity index (χ0n) is 16.2. The Balaban J connectivity index is 1.33. The van der Waals surface area contributed by atoms with E-state index in [0.29, 0.717) is 29.7 Å². The van der Waals surface area contributed by atoms with Crippen molar-refractivity contribution in [3.05, 3.63) is 58.9 Å². The first-order valence-corrected chi connectivity index (χ1v) is 10.2. The van der Waals surface area contributed by atoms with Crippen molar-refractivity contribution in [1.29, 1.82) is 0 Å². The lowest BCUT2D eigenvalue weighted by atomic mass is 10.1. The first-order chi connectivity index (χ1) is 14.2. The van der Waals surface area contributed by atoms with Crippen LogP contribution >= 0.6 is 11.6 Å². The SMILES string of the molecule is O=C(/C=C/c1cc(Cl)c2c(c1)OCCCO2)N1CCN(Cc2ccncc2)CC1. The molecule has 4 rings (SSSR count). The average Bonchev–Trinajstić information content (AvgIpc) is 2.99. The monoisotopic (exact) mass is 413 g/mol. The summed E-state index contributed by atoms with van der Waals surface area (Å²) in [6, 6.07) is 7.72. The number of amides is 1. The highest BCUT2D eigenvalue weighted by Gasteiger charge is 2.20. The smallest absolute Gasteiger partial charge is 0.246 e. The third-order valence-corrected chi connectivity index (χ3v) is 5.36. The molecule has 0 N–H and O–H groups in total. The quantitative estimate of drug-likeness (QED) is 0.720. The van der Waals surface area contributed by atoms with E-state index in [1.165, 1.54) is 5.56 Å². The number of halogens is 1. The highest BCUT2D eigenvalue weighted by atomic mass is 35.5. The van der Waals surface area contributed by atoms with Crippen LogP contribution in [0.1, 0.15) is 17.5 Å². The fraction of sp³-hybridized carbons (Fsp3) is 0.364. The topological polar surface area (TPSA) is 54.9 Å². The normalized spacial score (nSPS) is 17.3. The third kappa shape index (κ3) is 5.08. The number of hydrogen-bond acceptors (Lipinski definition) is 5. The summed E-state index contributed by atoms with van der Waals surface area (Å²) < 4.78 is 11.3. The predicted molar refractivity (Wildman–Crippen MR) is 112 cm³/mol. The zero-order valence-corrected chi connectivity index (χ0v) is 17.0. The van der Waals surface area contributed by atoms with Gasteiger partial charge in [-0.25, -0.2) is 0 Å². The van der Waals surface area contributed by atoms with Crippen LogP contribution in [0.3, 0.4) is 0 Å². The molecule has 0 unspecified atom stereocenters. The Labute approximate surface area is 175 Å². The van der Waals surface area contributed by atoms with E-state index < -0.39 is 0 Å². The fourth-order valence-corrected chi connectivity index (χ4v) is 3.77. The third-order valence-electron chi connectivity index (χ3n) is 5.08. The highest BCUT2D eigenvalue weighted by Crippen LogP contribution is 2.38. The van der Waals surface area contributed by atoms with Crippen LogP contribution in [-0.4, -0.2) is 60.1 Å². The van der Waals surface area contributed by atoms with Gasteiger partial charge in [0.2, 0.25) is 5.91 Å². The number of rotatable bonds is 4. The number of ether oxygens (including phenoxy) is 2. The van der Waals surface area contributed by atoms with Crippen LogP contribution in [0.15, 0.2) is 42.7 Å². The summed E-state index contributed by atoms with van der Waals surface area (Å²) in [6.45, 7) is 5.23. The van der Waals surface area contributed by atoms with Crippen LogP contribution in [0.2, 0.25) is 5.02 Å². The Hall–Kier alpha value is -2.57. The molecule has 2 aromatic rings. The van der Waals surface area contributed by atoms with E-state index in [-0.39, 0.29) is 5.91 Å². The van der Waals surface area contributed by atoms with Gasteiger partial charge in [-0.1, -0.05) is 11.6 Å². The van der Waals surface area contributed by atoms with Gasteiger partial charge in [-0.15, -0.1) is 0 Å². The molecule has 0 atom stereocenters. The van der Waals surface area contributed by atoms with Gasteiger partial charge >= 0.3 is 0 Å². The Kier molecular flexibility index (Phi) is 6.32. The number of aromatic nitrogens is 1. The molecule has 2 aliphatic heterocycles. The van der Waals surface area contributed by atoms with Crippen molar-refractivity contribution in [2.45, 2.75) is 13.0 Å². The first kappa shape index (κ1) is 19.7. The summed E-state index contributed by atoms with van der Waals surface area (Å²) in [7, 11) is 0. The van der Waals surface area contributed by atoms with Crippen molar-refractivity contribution in [3.63, 3.8) is 0 Å². The van der Waals surface area contributed by atoms with Crippen molar-refractivity contribution in [1.82, 2.24) is 14.8 Å². The highest BCUT2D eigenvalue weighted by molar-refractivity contribution is 6.32. The molecule has 1 aromatic carbocycles. The second kappa shape index (κ2) is 9.29. The number of carbonyl (C=O) groups excluding carboxylic acids is 1. The van der Waals surface area contributed by atoms with E-state index in [9.17, 15) is 4.79 Å². The lowest BCUT2D eigenvalue weighted by Crippen LogP contribution is -2.47. The molecule has 0 spiro atoms. The number of pyridine rings is 1. The van der Waals surface area contributed by atoms with E-state index in [4.69, 9.17) is 21.1 Å². The van der Waals surface area contributed by atoms with Crippen molar-refractivity contribution in [2.24, 2.45) is 0 Å². The van der Waals surface area contributed by atoms with Gasteiger partial charge in [0.15, 0.2) is 11.5 Å². The molecule has 0 radical (unpaired) electrons. The molecule has 0 bridgehead atoms. The standard InChI is InChI=1S/C22H24ClN3O3/c23-19-14-18(15-20-22(19)29-13-1-12-28-20)2-3-21(27)26-10-8-25(9-11-26)16-17-4-6-24-7-5-17/h2-7,14-15H,1,8-13,16H2/b3-2+. The largest absolute Gasteiger partial charge is 0.489 e. The van der Waals surface area contributed by atoms with Crippen LogP contribution in [0.4, 0.5) is 0 Å². The van der Waals surface area contributed by atoms with Gasteiger partial charge in [0.1, 0.15) is 0 Å². The molecule has 2 aliphatic rings. The maximum absolute atomic E-state index is 12.6. The van der Waals surface area contributed by atoms with Gasteiger partial charge < -0.3 is 14.4 Å². The molecule has 1 aromatic heterocycles. The summed E-state index contributed by atoms with van der Waals surface area (Å²) in [6.07, 6.45) is 7.83. The minimum absolute atomic E-state index is 0.0109. The minimum Gasteiger partial charge on any atom is -0.489 e. The van der Waals surface area contributed by atoms with E-state index in [0.717, 1.165) is 44.7 Å². The van der Waals surface area contributed by atoms with E-state index in [1.807, 2.05) is 35.5 Å². The van der Waals surface area contributed by atoms with Crippen molar-refractivity contribution in [2.75, 3.05) is 39.4 Å². The summed E-state index contributed by atoms with van der Waals surface area (Å²) in [5.74, 6) is 1.22.